The van der Waals surface area contributed by atoms with Crippen LogP contribution in [0.1, 0.15) is 25.7 Å². The van der Waals surface area contributed by atoms with Crippen LogP contribution in [0.4, 0.5) is 0 Å². The summed E-state index contributed by atoms with van der Waals surface area (Å²) in [4.78, 5) is 0. The fourth-order valence-electron chi connectivity index (χ4n) is 1.55. The highest BCUT2D eigenvalue weighted by Crippen LogP contribution is 2.20. The molecule has 1 aliphatic carbocycles. The lowest BCUT2D eigenvalue weighted by Crippen LogP contribution is -2.45. The molecule has 1 aliphatic rings. The molecule has 0 radical (unpaired) electrons. The Balaban J connectivity index is 2.49. The minimum absolute atomic E-state index is 0.0293. The van der Waals surface area contributed by atoms with Crippen molar-refractivity contribution in [3.8, 4) is 0 Å². The zero-order valence-electron chi connectivity index (χ0n) is 7.37. The summed E-state index contributed by atoms with van der Waals surface area (Å²) in [7, 11) is 0. The second kappa shape index (κ2) is 4.60. The minimum Gasteiger partial charge on any atom is -0.395 e. The van der Waals surface area contributed by atoms with Crippen LogP contribution in [-0.4, -0.2) is 23.8 Å². The Morgan fingerprint density at radius 3 is 2.67 bits per heavy atom. The normalized spacial score (nSPS) is 23.1. The third kappa shape index (κ3) is 2.30. The Hall–Kier alpha value is -0.380. The molecule has 0 heterocycles. The molecule has 3 nitrogen and oxygen atoms in total. The Kier molecular flexibility index (Phi) is 3.72. The fraction of sp³-hybridized carbons (Fsp3) is 0.778. The van der Waals surface area contributed by atoms with E-state index in [0.717, 1.165) is 12.8 Å². The van der Waals surface area contributed by atoms with Crippen LogP contribution in [-0.2, 0) is 0 Å². The predicted molar refractivity (Wildman–Crippen MR) is 49.6 cm³/mol. The quantitative estimate of drug-likeness (QED) is 0.527. The molecular formula is C9H18N2O. The molecule has 70 valence electrons. The van der Waals surface area contributed by atoms with Crippen molar-refractivity contribution in [2.24, 2.45) is 11.5 Å². The molecule has 5 N–H and O–H groups in total. The van der Waals surface area contributed by atoms with Crippen molar-refractivity contribution in [1.82, 2.24) is 0 Å². The van der Waals surface area contributed by atoms with Crippen molar-refractivity contribution in [3.63, 3.8) is 0 Å². The van der Waals surface area contributed by atoms with E-state index < -0.39 is 0 Å². The third-order valence-corrected chi connectivity index (χ3v) is 2.43. The van der Waals surface area contributed by atoms with Crippen molar-refractivity contribution < 1.29 is 5.11 Å². The van der Waals surface area contributed by atoms with Crippen molar-refractivity contribution in [1.29, 1.82) is 0 Å². The number of allylic oxidation sites excluding steroid dienone is 1. The summed E-state index contributed by atoms with van der Waals surface area (Å²) in [6.45, 7) is -0.0293. The van der Waals surface area contributed by atoms with Crippen LogP contribution in [0.5, 0.6) is 0 Å². The zero-order chi connectivity index (χ0) is 8.97. The summed E-state index contributed by atoms with van der Waals surface area (Å²) in [5, 5.41) is 8.80. The number of aliphatic hydroxyl groups excluding tert-OH is 1. The van der Waals surface area contributed by atoms with Gasteiger partial charge in [0.1, 0.15) is 0 Å². The third-order valence-electron chi connectivity index (χ3n) is 2.43. The Bertz CT molecular complexity index is 168. The Morgan fingerprint density at radius 1 is 1.42 bits per heavy atom. The molecule has 0 fully saturated rings. The zero-order valence-corrected chi connectivity index (χ0v) is 7.37. The van der Waals surface area contributed by atoms with Gasteiger partial charge in [-0.1, -0.05) is 11.6 Å². The van der Waals surface area contributed by atoms with Crippen LogP contribution in [0.2, 0.25) is 0 Å². The van der Waals surface area contributed by atoms with Crippen LogP contribution in [0.3, 0.4) is 0 Å². The standard InChI is InChI=1S/C9H18N2O/c10-8(6-12)9(11)7-4-2-1-3-5-7/h4,8-9,12H,1-3,5-6,10-11H2. The van der Waals surface area contributed by atoms with Crippen molar-refractivity contribution in [3.05, 3.63) is 11.6 Å². The summed E-state index contributed by atoms with van der Waals surface area (Å²) in [5.74, 6) is 0. The van der Waals surface area contributed by atoms with Crippen molar-refractivity contribution >= 4 is 0 Å². The van der Waals surface area contributed by atoms with Crippen molar-refractivity contribution in [2.75, 3.05) is 6.61 Å². The van der Waals surface area contributed by atoms with E-state index in [1.54, 1.807) is 0 Å². The van der Waals surface area contributed by atoms with Crippen LogP contribution in [0, 0.1) is 0 Å². The minimum atomic E-state index is -0.297. The molecular weight excluding hydrogens is 152 g/mol. The van der Waals surface area contributed by atoms with E-state index in [0.29, 0.717) is 0 Å². The van der Waals surface area contributed by atoms with Gasteiger partial charge in [-0.3, -0.25) is 0 Å². The van der Waals surface area contributed by atoms with Gasteiger partial charge in [0.2, 0.25) is 0 Å². The molecule has 0 saturated carbocycles. The number of aliphatic hydroxyl groups is 1. The van der Waals surface area contributed by atoms with Gasteiger partial charge in [-0.2, -0.15) is 0 Å². The maximum Gasteiger partial charge on any atom is 0.0601 e. The first kappa shape index (κ1) is 9.71. The van der Waals surface area contributed by atoms with E-state index in [2.05, 4.69) is 6.08 Å². The number of hydrogen-bond donors (Lipinski definition) is 3. The maximum atomic E-state index is 8.80. The molecule has 0 aromatic heterocycles. The molecule has 12 heavy (non-hydrogen) atoms. The first-order valence-electron chi connectivity index (χ1n) is 4.56. The lowest BCUT2D eigenvalue weighted by molar-refractivity contribution is 0.254. The van der Waals surface area contributed by atoms with Gasteiger partial charge in [0, 0.05) is 12.1 Å². The SMILES string of the molecule is NC(CO)C(N)C1=CCCCC1. The summed E-state index contributed by atoms with van der Waals surface area (Å²) in [6, 6.07) is -0.440. The Labute approximate surface area is 73.4 Å². The van der Waals surface area contributed by atoms with E-state index in [-0.39, 0.29) is 18.7 Å². The predicted octanol–water partition coefficient (Wildman–Crippen LogP) is 0.134. The lowest BCUT2D eigenvalue weighted by Gasteiger charge is -2.23. The molecule has 2 atom stereocenters. The molecule has 1 rings (SSSR count). The van der Waals surface area contributed by atoms with Gasteiger partial charge < -0.3 is 16.6 Å². The highest BCUT2D eigenvalue weighted by molar-refractivity contribution is 5.14. The van der Waals surface area contributed by atoms with Gasteiger partial charge in [-0.15, -0.1) is 0 Å². The van der Waals surface area contributed by atoms with E-state index in [1.807, 2.05) is 0 Å². The van der Waals surface area contributed by atoms with Crippen LogP contribution in [0.25, 0.3) is 0 Å². The topological polar surface area (TPSA) is 72.3 Å². The maximum absolute atomic E-state index is 8.80. The molecule has 0 spiro atoms. The smallest absolute Gasteiger partial charge is 0.0601 e. The van der Waals surface area contributed by atoms with Crippen LogP contribution >= 0.6 is 0 Å². The summed E-state index contributed by atoms with van der Waals surface area (Å²) in [5.41, 5.74) is 12.7. The molecule has 2 unspecified atom stereocenters. The number of nitrogens with two attached hydrogens (primary N) is 2. The fourth-order valence-corrected chi connectivity index (χ4v) is 1.55. The highest BCUT2D eigenvalue weighted by Gasteiger charge is 2.17. The van der Waals surface area contributed by atoms with E-state index in [9.17, 15) is 0 Å². The van der Waals surface area contributed by atoms with E-state index >= 15 is 0 Å². The average Bonchev–Trinajstić information content (AvgIpc) is 2.17. The van der Waals surface area contributed by atoms with Crippen molar-refractivity contribution in [2.45, 2.75) is 37.8 Å². The van der Waals surface area contributed by atoms with Gasteiger partial charge in [0.15, 0.2) is 0 Å². The number of rotatable bonds is 3. The summed E-state index contributed by atoms with van der Waals surface area (Å²) in [6.07, 6.45) is 6.79. The molecule has 0 bridgehead atoms. The van der Waals surface area contributed by atoms with Gasteiger partial charge in [0.25, 0.3) is 0 Å². The monoisotopic (exact) mass is 170 g/mol. The lowest BCUT2D eigenvalue weighted by atomic mass is 9.91. The summed E-state index contributed by atoms with van der Waals surface area (Å²) >= 11 is 0. The van der Waals surface area contributed by atoms with E-state index in [4.69, 9.17) is 16.6 Å². The van der Waals surface area contributed by atoms with Crippen LogP contribution in [0.15, 0.2) is 11.6 Å². The molecule has 0 aliphatic heterocycles. The second-order valence-electron chi connectivity index (χ2n) is 3.40. The van der Waals surface area contributed by atoms with E-state index in [1.165, 1.54) is 18.4 Å². The largest absolute Gasteiger partial charge is 0.395 e. The molecule has 3 heteroatoms. The van der Waals surface area contributed by atoms with Gasteiger partial charge in [0.05, 0.1) is 6.61 Å². The summed E-state index contributed by atoms with van der Waals surface area (Å²) < 4.78 is 0. The highest BCUT2D eigenvalue weighted by atomic mass is 16.3. The van der Waals surface area contributed by atoms with Crippen LogP contribution < -0.4 is 11.5 Å². The van der Waals surface area contributed by atoms with Gasteiger partial charge >= 0.3 is 0 Å². The second-order valence-corrected chi connectivity index (χ2v) is 3.40. The molecule has 0 aromatic rings. The molecule has 0 saturated heterocycles. The Morgan fingerprint density at radius 2 is 2.17 bits per heavy atom. The van der Waals surface area contributed by atoms with Gasteiger partial charge in [-0.05, 0) is 25.7 Å². The number of hydrogen-bond acceptors (Lipinski definition) is 3. The average molecular weight is 170 g/mol. The molecule has 0 aromatic carbocycles. The van der Waals surface area contributed by atoms with Gasteiger partial charge in [-0.25, -0.2) is 0 Å². The first-order chi connectivity index (χ1) is 5.75. The first-order valence-corrected chi connectivity index (χ1v) is 4.56. The molecule has 0 amide bonds.